The minimum atomic E-state index is -4.27. The maximum absolute atomic E-state index is 11.7. The number of halogens is 5. The van der Waals surface area contributed by atoms with Crippen molar-refractivity contribution in [3.63, 3.8) is 0 Å². The normalized spacial score (nSPS) is 11.6. The van der Waals surface area contributed by atoms with Crippen molar-refractivity contribution in [2.45, 2.75) is 12.6 Å². The van der Waals surface area contributed by atoms with Crippen LogP contribution in [0.1, 0.15) is 6.42 Å². The first kappa shape index (κ1) is 15.4. The zero-order valence-electron chi connectivity index (χ0n) is 9.36. The third-order valence-electron chi connectivity index (χ3n) is 1.98. The summed E-state index contributed by atoms with van der Waals surface area (Å²) in [6.07, 6.45) is -3.80. The Hall–Kier alpha value is -0.650. The number of anilines is 1. The maximum atomic E-state index is 11.7. The highest BCUT2D eigenvalue weighted by Gasteiger charge is 2.27. The van der Waals surface area contributed by atoms with Gasteiger partial charge in [0.05, 0.1) is 10.0 Å². The van der Waals surface area contributed by atoms with E-state index < -0.39 is 12.8 Å². The van der Waals surface area contributed by atoms with Crippen molar-refractivity contribution in [3.8, 4) is 0 Å². The quantitative estimate of drug-likeness (QED) is 0.788. The van der Waals surface area contributed by atoms with Crippen molar-refractivity contribution >= 4 is 28.9 Å². The van der Waals surface area contributed by atoms with Crippen molar-refractivity contribution in [2.75, 3.05) is 25.1 Å². The van der Waals surface area contributed by atoms with E-state index in [9.17, 15) is 13.2 Å². The lowest BCUT2D eigenvalue weighted by Gasteiger charge is -2.09. The molecule has 1 rings (SSSR count). The van der Waals surface area contributed by atoms with Gasteiger partial charge in [-0.3, -0.25) is 0 Å². The molecule has 0 aliphatic heterocycles. The fraction of sp³-hybridized carbons (Fsp3) is 0.455. The van der Waals surface area contributed by atoms with Gasteiger partial charge in [0, 0.05) is 18.8 Å². The van der Waals surface area contributed by atoms with Gasteiger partial charge in [0.1, 0.15) is 6.61 Å². The van der Waals surface area contributed by atoms with Gasteiger partial charge in [0.15, 0.2) is 0 Å². The number of ether oxygens (including phenoxy) is 1. The van der Waals surface area contributed by atoms with Crippen molar-refractivity contribution < 1.29 is 17.9 Å². The molecular weight excluding hydrogens is 290 g/mol. The largest absolute Gasteiger partial charge is 0.411 e. The van der Waals surface area contributed by atoms with Gasteiger partial charge in [-0.1, -0.05) is 23.2 Å². The van der Waals surface area contributed by atoms with Gasteiger partial charge in [-0.15, -0.1) is 0 Å². The maximum Gasteiger partial charge on any atom is 0.411 e. The van der Waals surface area contributed by atoms with Gasteiger partial charge in [-0.2, -0.15) is 13.2 Å². The molecule has 0 saturated heterocycles. The lowest BCUT2D eigenvalue weighted by Crippen LogP contribution is -2.18. The van der Waals surface area contributed by atoms with Crippen LogP contribution in [0.2, 0.25) is 10.0 Å². The smallest absolute Gasteiger partial charge is 0.385 e. The molecule has 0 saturated carbocycles. The van der Waals surface area contributed by atoms with Crippen LogP contribution >= 0.6 is 23.2 Å². The third kappa shape index (κ3) is 6.33. The highest BCUT2D eigenvalue weighted by Crippen LogP contribution is 2.24. The fourth-order valence-electron chi connectivity index (χ4n) is 1.20. The zero-order chi connectivity index (χ0) is 13.6. The third-order valence-corrected chi connectivity index (χ3v) is 2.72. The first-order valence-corrected chi connectivity index (χ1v) is 5.97. The Morgan fingerprint density at radius 2 is 1.89 bits per heavy atom. The molecule has 1 aromatic rings. The average molecular weight is 302 g/mol. The number of hydrogen-bond acceptors (Lipinski definition) is 2. The molecule has 0 fully saturated rings. The Morgan fingerprint density at radius 1 is 1.17 bits per heavy atom. The number of hydrogen-bond donors (Lipinski definition) is 1. The van der Waals surface area contributed by atoms with Crippen LogP contribution in [0.4, 0.5) is 18.9 Å². The Morgan fingerprint density at radius 3 is 2.50 bits per heavy atom. The standard InChI is InChI=1S/C11H12Cl2F3NO/c12-9-3-2-8(6-10(9)13)17-4-1-5-18-7-11(14,15)16/h2-3,6,17H,1,4-5,7H2. The average Bonchev–Trinajstić information content (AvgIpc) is 2.26. The summed E-state index contributed by atoms with van der Waals surface area (Å²) in [7, 11) is 0. The van der Waals surface area contributed by atoms with E-state index in [4.69, 9.17) is 23.2 Å². The second-order valence-electron chi connectivity index (χ2n) is 3.58. The highest BCUT2D eigenvalue weighted by atomic mass is 35.5. The van der Waals surface area contributed by atoms with E-state index in [-0.39, 0.29) is 6.61 Å². The highest BCUT2D eigenvalue weighted by molar-refractivity contribution is 6.42. The van der Waals surface area contributed by atoms with Gasteiger partial charge in [0.2, 0.25) is 0 Å². The minimum absolute atomic E-state index is 0.0494. The van der Waals surface area contributed by atoms with Gasteiger partial charge in [-0.25, -0.2) is 0 Å². The van der Waals surface area contributed by atoms with Crippen LogP contribution in [0.5, 0.6) is 0 Å². The van der Waals surface area contributed by atoms with E-state index in [1.54, 1.807) is 18.2 Å². The van der Waals surface area contributed by atoms with Gasteiger partial charge in [-0.05, 0) is 24.6 Å². The van der Waals surface area contributed by atoms with Crippen molar-refractivity contribution in [3.05, 3.63) is 28.2 Å². The molecule has 0 aliphatic rings. The van der Waals surface area contributed by atoms with Crippen LogP contribution in [0.3, 0.4) is 0 Å². The Balaban J connectivity index is 2.16. The van der Waals surface area contributed by atoms with E-state index in [2.05, 4.69) is 10.1 Å². The summed E-state index contributed by atoms with van der Waals surface area (Å²) >= 11 is 11.5. The monoisotopic (exact) mass is 301 g/mol. The number of benzene rings is 1. The molecule has 0 aromatic heterocycles. The molecule has 1 aromatic carbocycles. The summed E-state index contributed by atoms with van der Waals surface area (Å²) in [6.45, 7) is -0.663. The lowest BCUT2D eigenvalue weighted by molar-refractivity contribution is -0.173. The van der Waals surface area contributed by atoms with E-state index in [0.717, 1.165) is 5.69 Å². The summed E-state index contributed by atoms with van der Waals surface area (Å²) in [4.78, 5) is 0. The lowest BCUT2D eigenvalue weighted by atomic mass is 10.3. The molecule has 0 atom stereocenters. The van der Waals surface area contributed by atoms with E-state index in [1.165, 1.54) is 0 Å². The molecule has 102 valence electrons. The first-order chi connectivity index (χ1) is 8.38. The van der Waals surface area contributed by atoms with Gasteiger partial charge in [0.25, 0.3) is 0 Å². The molecule has 0 amide bonds. The molecule has 0 spiro atoms. The summed E-state index contributed by atoms with van der Waals surface area (Å²) in [6, 6.07) is 5.04. The summed E-state index contributed by atoms with van der Waals surface area (Å²) in [5.41, 5.74) is 0.764. The molecule has 0 heterocycles. The molecule has 0 aliphatic carbocycles. The minimum Gasteiger partial charge on any atom is -0.385 e. The van der Waals surface area contributed by atoms with Crippen molar-refractivity contribution in [1.29, 1.82) is 0 Å². The number of rotatable bonds is 6. The van der Waals surface area contributed by atoms with Crippen molar-refractivity contribution in [1.82, 2.24) is 0 Å². The summed E-state index contributed by atoms with van der Waals surface area (Å²) < 4.78 is 39.7. The van der Waals surface area contributed by atoms with Crippen LogP contribution in [-0.2, 0) is 4.74 Å². The fourth-order valence-corrected chi connectivity index (χ4v) is 1.50. The number of nitrogens with one attached hydrogen (secondary N) is 1. The zero-order valence-corrected chi connectivity index (χ0v) is 10.9. The van der Waals surface area contributed by atoms with Crippen LogP contribution in [0, 0.1) is 0 Å². The van der Waals surface area contributed by atoms with Crippen LogP contribution in [-0.4, -0.2) is 25.9 Å². The van der Waals surface area contributed by atoms with Gasteiger partial charge >= 0.3 is 6.18 Å². The Labute approximate surface area is 113 Å². The summed E-state index contributed by atoms with van der Waals surface area (Å²) in [5.74, 6) is 0. The van der Waals surface area contributed by atoms with Gasteiger partial charge < -0.3 is 10.1 Å². The Kier molecular flexibility index (Phi) is 6.05. The second-order valence-corrected chi connectivity index (χ2v) is 4.39. The second kappa shape index (κ2) is 7.07. The topological polar surface area (TPSA) is 21.3 Å². The van der Waals surface area contributed by atoms with Crippen LogP contribution in [0.15, 0.2) is 18.2 Å². The SMILES string of the molecule is FC(F)(F)COCCCNc1ccc(Cl)c(Cl)c1. The van der Waals surface area contributed by atoms with E-state index in [0.29, 0.717) is 23.0 Å². The Bertz CT molecular complexity index is 385. The summed E-state index contributed by atoms with van der Waals surface area (Å²) in [5, 5.41) is 3.89. The molecule has 0 bridgehead atoms. The molecule has 0 unspecified atom stereocenters. The molecule has 0 radical (unpaired) electrons. The molecule has 7 heteroatoms. The number of alkyl halides is 3. The predicted octanol–water partition coefficient (Wildman–Crippen LogP) is 4.37. The van der Waals surface area contributed by atoms with Crippen LogP contribution in [0.25, 0.3) is 0 Å². The first-order valence-electron chi connectivity index (χ1n) is 5.22. The molecule has 18 heavy (non-hydrogen) atoms. The van der Waals surface area contributed by atoms with Crippen molar-refractivity contribution in [2.24, 2.45) is 0 Å². The van der Waals surface area contributed by atoms with Crippen LogP contribution < -0.4 is 5.32 Å². The molecule has 2 nitrogen and oxygen atoms in total. The van der Waals surface area contributed by atoms with E-state index >= 15 is 0 Å². The molecule has 1 N–H and O–H groups in total. The molecular formula is C11H12Cl2F3NO. The predicted molar refractivity (Wildman–Crippen MR) is 66.4 cm³/mol. The van der Waals surface area contributed by atoms with E-state index in [1.807, 2.05) is 0 Å².